The van der Waals surface area contributed by atoms with Gasteiger partial charge < -0.3 is 5.73 Å². The molecule has 7 nitrogen and oxygen atoms in total. The predicted molar refractivity (Wildman–Crippen MR) is 94.8 cm³/mol. The topological polar surface area (TPSA) is 110 Å². The summed E-state index contributed by atoms with van der Waals surface area (Å²) in [5.41, 5.74) is 5.14. The third-order valence-electron chi connectivity index (χ3n) is 3.45. The fourth-order valence-corrected chi connectivity index (χ4v) is 3.65. The van der Waals surface area contributed by atoms with Gasteiger partial charge in [-0.1, -0.05) is 0 Å². The highest BCUT2D eigenvalue weighted by molar-refractivity contribution is 7.93. The van der Waals surface area contributed by atoms with Crippen LogP contribution in [0.15, 0.2) is 23.1 Å². The first kappa shape index (κ1) is 23.1. The molecule has 0 aromatic heterocycles. The first-order chi connectivity index (χ1) is 10.4. The molecular formula is C13H23ClFN3O4S2. The minimum atomic E-state index is -3.91. The molecule has 1 atom stereocenters. The molecule has 0 saturated carbocycles. The van der Waals surface area contributed by atoms with Gasteiger partial charge in [0.2, 0.25) is 20.0 Å². The maximum Gasteiger partial charge on any atom is 0.243 e. The molecule has 1 unspecified atom stereocenters. The van der Waals surface area contributed by atoms with Gasteiger partial charge in [0.15, 0.2) is 0 Å². The van der Waals surface area contributed by atoms with Crippen molar-refractivity contribution in [1.82, 2.24) is 4.31 Å². The number of anilines is 1. The van der Waals surface area contributed by atoms with E-state index in [1.165, 1.54) is 20.9 Å². The van der Waals surface area contributed by atoms with Crippen LogP contribution < -0.4 is 10.5 Å². The Labute approximate surface area is 148 Å². The second kappa shape index (κ2) is 8.43. The van der Waals surface area contributed by atoms with E-state index in [1.54, 1.807) is 6.92 Å². The van der Waals surface area contributed by atoms with Gasteiger partial charge in [-0.15, -0.1) is 12.4 Å². The summed E-state index contributed by atoms with van der Waals surface area (Å²) in [5.74, 6) is -0.968. The highest BCUT2D eigenvalue weighted by Crippen LogP contribution is 2.23. The first-order valence-corrected chi connectivity index (χ1v) is 9.91. The number of halogens is 2. The zero-order valence-electron chi connectivity index (χ0n) is 13.9. The van der Waals surface area contributed by atoms with E-state index in [9.17, 15) is 21.2 Å². The van der Waals surface area contributed by atoms with E-state index in [0.717, 1.165) is 22.5 Å². The normalized spacial score (nSPS) is 13.7. The van der Waals surface area contributed by atoms with Crippen LogP contribution >= 0.6 is 12.4 Å². The van der Waals surface area contributed by atoms with Gasteiger partial charge in [0.1, 0.15) is 5.82 Å². The van der Waals surface area contributed by atoms with Gasteiger partial charge in [0.05, 0.1) is 15.8 Å². The highest BCUT2D eigenvalue weighted by Gasteiger charge is 2.26. The quantitative estimate of drug-likeness (QED) is 0.714. The number of nitrogens with two attached hydrogens (primary N) is 1. The third kappa shape index (κ3) is 5.03. The number of nitrogens with one attached hydrogen (secondary N) is 1. The van der Waals surface area contributed by atoms with Crippen molar-refractivity contribution in [2.24, 2.45) is 5.73 Å². The van der Waals surface area contributed by atoms with E-state index in [0.29, 0.717) is 0 Å². The van der Waals surface area contributed by atoms with E-state index in [1.807, 2.05) is 0 Å². The molecule has 0 bridgehead atoms. The lowest BCUT2D eigenvalue weighted by atomic mass is 10.3. The van der Waals surface area contributed by atoms with Gasteiger partial charge >= 0.3 is 0 Å². The minimum Gasteiger partial charge on any atom is -0.329 e. The summed E-state index contributed by atoms with van der Waals surface area (Å²) in [6.45, 7) is 4.63. The van der Waals surface area contributed by atoms with Gasteiger partial charge in [-0.3, -0.25) is 4.72 Å². The van der Waals surface area contributed by atoms with E-state index in [2.05, 4.69) is 4.72 Å². The zero-order valence-corrected chi connectivity index (χ0v) is 16.3. The van der Waals surface area contributed by atoms with Gasteiger partial charge in [-0.25, -0.2) is 21.2 Å². The number of likely N-dealkylation sites (N-methyl/N-ethyl adjacent to an activating group) is 1. The van der Waals surface area contributed by atoms with Crippen LogP contribution in [0.3, 0.4) is 0 Å². The van der Waals surface area contributed by atoms with Crippen LogP contribution in [0, 0.1) is 5.82 Å². The standard InChI is InChI=1S/C13H22FN3O4S2.ClH/c1-9(2)22(18,19)16-13-6-5-11(7-12(13)14)23(20,21)17(4)10(3)8-15;/h5-7,9-10,16H,8,15H2,1-4H3;1H. The van der Waals surface area contributed by atoms with Crippen molar-refractivity contribution in [2.75, 3.05) is 18.3 Å². The van der Waals surface area contributed by atoms with E-state index < -0.39 is 37.2 Å². The third-order valence-corrected chi connectivity index (χ3v) is 7.17. The largest absolute Gasteiger partial charge is 0.329 e. The van der Waals surface area contributed by atoms with Crippen LogP contribution in [0.4, 0.5) is 10.1 Å². The monoisotopic (exact) mass is 403 g/mol. The maximum atomic E-state index is 14.1. The van der Waals surface area contributed by atoms with E-state index >= 15 is 0 Å². The Hall–Kier alpha value is -0.940. The lowest BCUT2D eigenvalue weighted by molar-refractivity contribution is 0.394. The summed E-state index contributed by atoms with van der Waals surface area (Å²) in [7, 11) is -6.29. The molecule has 0 saturated heterocycles. The molecule has 0 aliphatic rings. The molecule has 24 heavy (non-hydrogen) atoms. The molecule has 0 heterocycles. The van der Waals surface area contributed by atoms with Gasteiger partial charge in [-0.2, -0.15) is 4.31 Å². The van der Waals surface area contributed by atoms with Gasteiger partial charge in [0.25, 0.3) is 0 Å². The predicted octanol–water partition coefficient (Wildman–Crippen LogP) is 1.37. The molecule has 1 aromatic carbocycles. The van der Waals surface area contributed by atoms with Crippen molar-refractivity contribution in [3.8, 4) is 0 Å². The van der Waals surface area contributed by atoms with Crippen molar-refractivity contribution in [1.29, 1.82) is 0 Å². The smallest absolute Gasteiger partial charge is 0.243 e. The van der Waals surface area contributed by atoms with Crippen LogP contribution in [0.5, 0.6) is 0 Å². The molecule has 0 aliphatic carbocycles. The molecule has 0 spiro atoms. The second-order valence-corrected chi connectivity index (χ2v) is 9.68. The Bertz CT molecular complexity index is 769. The Morgan fingerprint density at radius 3 is 2.17 bits per heavy atom. The fourth-order valence-electron chi connectivity index (χ4n) is 1.56. The van der Waals surface area contributed by atoms with Gasteiger partial charge in [-0.05, 0) is 39.0 Å². The number of benzene rings is 1. The average molecular weight is 404 g/mol. The van der Waals surface area contributed by atoms with Crippen LogP contribution in [0.1, 0.15) is 20.8 Å². The lowest BCUT2D eigenvalue weighted by Crippen LogP contribution is -2.39. The Morgan fingerprint density at radius 1 is 1.21 bits per heavy atom. The van der Waals surface area contributed by atoms with Crippen molar-refractivity contribution < 1.29 is 21.2 Å². The van der Waals surface area contributed by atoms with Crippen molar-refractivity contribution in [3.63, 3.8) is 0 Å². The molecule has 0 radical (unpaired) electrons. The van der Waals surface area contributed by atoms with E-state index in [-0.39, 0.29) is 29.5 Å². The Kier molecular flexibility index (Phi) is 8.10. The molecule has 1 rings (SSSR count). The molecule has 140 valence electrons. The number of hydrogen-bond donors (Lipinski definition) is 2. The Morgan fingerprint density at radius 2 is 1.75 bits per heavy atom. The van der Waals surface area contributed by atoms with Crippen LogP contribution in [-0.4, -0.2) is 46.0 Å². The summed E-state index contributed by atoms with van der Waals surface area (Å²) >= 11 is 0. The molecule has 1 aromatic rings. The summed E-state index contributed by atoms with van der Waals surface area (Å²) in [5, 5.41) is -0.748. The second-order valence-electron chi connectivity index (χ2n) is 5.44. The van der Waals surface area contributed by atoms with Crippen molar-refractivity contribution in [3.05, 3.63) is 24.0 Å². The minimum absolute atomic E-state index is 0. The maximum absolute atomic E-state index is 14.1. The summed E-state index contributed by atoms with van der Waals surface area (Å²) < 4.78 is 65.4. The molecular weight excluding hydrogens is 381 g/mol. The molecule has 0 aliphatic heterocycles. The van der Waals surface area contributed by atoms with Crippen LogP contribution in [-0.2, 0) is 20.0 Å². The molecule has 0 fully saturated rings. The Balaban J connectivity index is 0.00000529. The average Bonchev–Trinajstić information content (AvgIpc) is 2.47. The lowest BCUT2D eigenvalue weighted by Gasteiger charge is -2.23. The molecule has 3 N–H and O–H groups in total. The van der Waals surface area contributed by atoms with Crippen molar-refractivity contribution in [2.45, 2.75) is 37.0 Å². The van der Waals surface area contributed by atoms with Crippen LogP contribution in [0.25, 0.3) is 0 Å². The highest BCUT2D eigenvalue weighted by atomic mass is 35.5. The summed E-state index contributed by atoms with van der Waals surface area (Å²) in [6.07, 6.45) is 0. The number of nitrogens with zero attached hydrogens (tertiary/aromatic N) is 1. The number of sulfonamides is 2. The first-order valence-electron chi connectivity index (χ1n) is 6.92. The number of rotatable bonds is 7. The number of hydrogen-bond acceptors (Lipinski definition) is 5. The summed E-state index contributed by atoms with van der Waals surface area (Å²) in [6, 6.07) is 2.56. The van der Waals surface area contributed by atoms with Crippen LogP contribution in [0.2, 0.25) is 0 Å². The summed E-state index contributed by atoms with van der Waals surface area (Å²) in [4.78, 5) is -0.273. The zero-order chi connectivity index (χ0) is 18.0. The van der Waals surface area contributed by atoms with Gasteiger partial charge in [0, 0.05) is 19.6 Å². The molecule has 11 heteroatoms. The van der Waals surface area contributed by atoms with Crippen molar-refractivity contribution >= 4 is 38.1 Å². The SMILES string of the molecule is CC(CN)N(C)S(=O)(=O)c1ccc(NS(=O)(=O)C(C)C)c(F)c1.Cl. The van der Waals surface area contributed by atoms with E-state index in [4.69, 9.17) is 5.73 Å². The fraction of sp³-hybridized carbons (Fsp3) is 0.538. The molecule has 0 amide bonds.